The van der Waals surface area contributed by atoms with E-state index in [4.69, 9.17) is 39.3 Å². The standard InChI is InChI=1S/C17H25NO12/c1-7(19)25-6-12-13(27-8(2)20)14(28-9(3)21)15(29-10(4)22)17(30-12)26-5-11(18)16(23)24/h11-15,17H,5-6,18H2,1-4H3,(H,23,24)/t11-,12+,13+,14-,15+,17?/m0/s1. The molecule has 6 atom stereocenters. The number of hydrogen-bond donors (Lipinski definition) is 2. The molecule has 0 saturated carbocycles. The van der Waals surface area contributed by atoms with Crippen molar-refractivity contribution in [1.29, 1.82) is 0 Å². The van der Waals surface area contributed by atoms with Gasteiger partial charge in [-0.1, -0.05) is 0 Å². The van der Waals surface area contributed by atoms with E-state index in [1.807, 2.05) is 0 Å². The van der Waals surface area contributed by atoms with Crippen LogP contribution in [0.2, 0.25) is 0 Å². The first-order chi connectivity index (χ1) is 13.9. The molecule has 1 aliphatic rings. The van der Waals surface area contributed by atoms with E-state index in [2.05, 4.69) is 0 Å². The number of carbonyl (C=O) groups excluding carboxylic acids is 4. The SMILES string of the molecule is CC(=O)OC[C@H]1OC(OC[C@H](N)C(=O)O)[C@H](OC(C)=O)[C@@H](OC(C)=O)[C@@H]1OC(C)=O. The van der Waals surface area contributed by atoms with E-state index in [-0.39, 0.29) is 0 Å². The summed E-state index contributed by atoms with van der Waals surface area (Å²) in [5, 5.41) is 8.92. The fourth-order valence-corrected chi connectivity index (χ4v) is 2.59. The minimum absolute atomic E-state index is 0.428. The first-order valence-corrected chi connectivity index (χ1v) is 8.82. The van der Waals surface area contributed by atoms with Gasteiger partial charge >= 0.3 is 29.8 Å². The Kier molecular flexibility index (Phi) is 9.62. The van der Waals surface area contributed by atoms with Gasteiger partial charge in [0.05, 0.1) is 6.61 Å². The lowest BCUT2D eigenvalue weighted by atomic mass is 9.98. The summed E-state index contributed by atoms with van der Waals surface area (Å²) in [5.41, 5.74) is 5.41. The third-order valence-corrected chi connectivity index (χ3v) is 3.71. The van der Waals surface area contributed by atoms with Crippen LogP contribution < -0.4 is 5.73 Å². The van der Waals surface area contributed by atoms with Gasteiger partial charge in [-0.25, -0.2) is 0 Å². The van der Waals surface area contributed by atoms with E-state index in [1.165, 1.54) is 0 Å². The molecule has 0 bridgehead atoms. The first-order valence-electron chi connectivity index (χ1n) is 8.82. The third kappa shape index (κ3) is 7.93. The Morgan fingerprint density at radius 2 is 1.37 bits per heavy atom. The summed E-state index contributed by atoms with van der Waals surface area (Å²) < 4.78 is 31.4. The van der Waals surface area contributed by atoms with Gasteiger partial charge in [-0.2, -0.15) is 0 Å². The van der Waals surface area contributed by atoms with Crippen LogP contribution in [0.25, 0.3) is 0 Å². The molecule has 0 aromatic carbocycles. The molecule has 13 heteroatoms. The molecule has 0 amide bonds. The van der Waals surface area contributed by atoms with Crippen molar-refractivity contribution in [3.8, 4) is 0 Å². The second-order valence-electron chi connectivity index (χ2n) is 6.35. The molecule has 1 unspecified atom stereocenters. The van der Waals surface area contributed by atoms with Gasteiger partial charge < -0.3 is 39.3 Å². The van der Waals surface area contributed by atoms with Crippen LogP contribution in [0, 0.1) is 0 Å². The number of rotatable bonds is 9. The monoisotopic (exact) mass is 435 g/mol. The fourth-order valence-electron chi connectivity index (χ4n) is 2.59. The Labute approximate surface area is 171 Å². The maximum absolute atomic E-state index is 11.6. The Morgan fingerprint density at radius 1 is 0.867 bits per heavy atom. The number of aliphatic carboxylic acids is 1. The number of carboxylic acid groups (broad SMARTS) is 1. The number of ether oxygens (including phenoxy) is 6. The van der Waals surface area contributed by atoms with Crippen molar-refractivity contribution in [2.75, 3.05) is 13.2 Å². The van der Waals surface area contributed by atoms with E-state index < -0.39 is 79.8 Å². The molecular weight excluding hydrogens is 410 g/mol. The zero-order valence-corrected chi connectivity index (χ0v) is 16.9. The summed E-state index contributed by atoms with van der Waals surface area (Å²) in [5.74, 6) is -4.42. The molecule has 30 heavy (non-hydrogen) atoms. The van der Waals surface area contributed by atoms with Gasteiger partial charge in [0.15, 0.2) is 24.6 Å². The van der Waals surface area contributed by atoms with Crippen molar-refractivity contribution < 1.29 is 57.5 Å². The van der Waals surface area contributed by atoms with Crippen LogP contribution >= 0.6 is 0 Å². The quantitative estimate of drug-likeness (QED) is 0.315. The van der Waals surface area contributed by atoms with Crippen LogP contribution in [0.1, 0.15) is 27.7 Å². The van der Waals surface area contributed by atoms with Gasteiger partial charge in [0.1, 0.15) is 18.8 Å². The molecule has 0 spiro atoms. The van der Waals surface area contributed by atoms with Gasteiger partial charge in [0.25, 0.3) is 0 Å². The van der Waals surface area contributed by atoms with E-state index >= 15 is 0 Å². The van der Waals surface area contributed by atoms with Gasteiger partial charge in [-0.3, -0.25) is 24.0 Å². The maximum Gasteiger partial charge on any atom is 0.322 e. The Morgan fingerprint density at radius 3 is 1.83 bits per heavy atom. The van der Waals surface area contributed by atoms with Crippen LogP contribution in [0.15, 0.2) is 0 Å². The molecule has 1 heterocycles. The lowest BCUT2D eigenvalue weighted by molar-refractivity contribution is -0.308. The molecule has 0 radical (unpaired) electrons. The summed E-state index contributed by atoms with van der Waals surface area (Å²) in [6.07, 6.45) is -6.85. The Balaban J connectivity index is 3.27. The average molecular weight is 435 g/mol. The van der Waals surface area contributed by atoms with Gasteiger partial charge in [0, 0.05) is 27.7 Å². The highest BCUT2D eigenvalue weighted by molar-refractivity contribution is 5.73. The van der Waals surface area contributed by atoms with E-state index in [1.54, 1.807) is 0 Å². The van der Waals surface area contributed by atoms with Crippen molar-refractivity contribution in [3.05, 3.63) is 0 Å². The first kappa shape index (κ1) is 25.3. The van der Waals surface area contributed by atoms with Gasteiger partial charge in [-0.15, -0.1) is 0 Å². The van der Waals surface area contributed by atoms with Gasteiger partial charge in [0.2, 0.25) is 0 Å². The highest BCUT2D eigenvalue weighted by Gasteiger charge is 2.52. The van der Waals surface area contributed by atoms with Crippen LogP contribution in [0.5, 0.6) is 0 Å². The highest BCUT2D eigenvalue weighted by atomic mass is 16.7. The topological polar surface area (TPSA) is 187 Å². The molecule has 170 valence electrons. The van der Waals surface area contributed by atoms with Gasteiger partial charge in [-0.05, 0) is 0 Å². The van der Waals surface area contributed by atoms with Crippen LogP contribution in [0.4, 0.5) is 0 Å². The number of esters is 4. The fraction of sp³-hybridized carbons (Fsp3) is 0.706. The summed E-state index contributed by atoms with van der Waals surface area (Å²) in [6.45, 7) is 3.38. The number of hydrogen-bond acceptors (Lipinski definition) is 12. The second-order valence-corrected chi connectivity index (χ2v) is 6.35. The highest BCUT2D eigenvalue weighted by Crippen LogP contribution is 2.30. The van der Waals surface area contributed by atoms with Crippen molar-refractivity contribution in [2.24, 2.45) is 5.73 Å². The lowest BCUT2D eigenvalue weighted by Gasteiger charge is -2.44. The molecule has 1 rings (SSSR count). The lowest BCUT2D eigenvalue weighted by Crippen LogP contribution is -2.63. The van der Waals surface area contributed by atoms with E-state index in [9.17, 15) is 24.0 Å². The minimum Gasteiger partial charge on any atom is -0.480 e. The molecule has 1 saturated heterocycles. The molecular formula is C17H25NO12. The minimum atomic E-state index is -1.48. The summed E-state index contributed by atoms with van der Waals surface area (Å²) in [7, 11) is 0. The van der Waals surface area contributed by atoms with Crippen molar-refractivity contribution in [3.63, 3.8) is 0 Å². The average Bonchev–Trinajstić information content (AvgIpc) is 2.60. The van der Waals surface area contributed by atoms with Crippen LogP contribution in [-0.2, 0) is 52.4 Å². The Hall–Kier alpha value is -2.77. The third-order valence-electron chi connectivity index (χ3n) is 3.71. The van der Waals surface area contributed by atoms with Crippen LogP contribution in [-0.4, -0.2) is 84.9 Å². The van der Waals surface area contributed by atoms with Crippen molar-refractivity contribution >= 4 is 29.8 Å². The number of carboxylic acids is 1. The Bertz CT molecular complexity index is 665. The predicted molar refractivity (Wildman–Crippen MR) is 93.5 cm³/mol. The van der Waals surface area contributed by atoms with Crippen molar-refractivity contribution in [1.82, 2.24) is 0 Å². The number of carbonyl (C=O) groups is 5. The molecule has 0 aromatic heterocycles. The van der Waals surface area contributed by atoms with Crippen LogP contribution in [0.3, 0.4) is 0 Å². The summed E-state index contributed by atoms with van der Waals surface area (Å²) >= 11 is 0. The number of nitrogens with two attached hydrogens (primary N) is 1. The molecule has 0 aliphatic carbocycles. The maximum atomic E-state index is 11.6. The smallest absolute Gasteiger partial charge is 0.322 e. The molecule has 1 aliphatic heterocycles. The molecule has 3 N–H and O–H groups in total. The molecule has 1 fully saturated rings. The normalized spacial score (nSPS) is 26.8. The van der Waals surface area contributed by atoms with E-state index in [0.717, 1.165) is 27.7 Å². The second kappa shape index (κ2) is 11.4. The predicted octanol–water partition coefficient (Wildman–Crippen LogP) is -1.50. The zero-order chi connectivity index (χ0) is 23.0. The zero-order valence-electron chi connectivity index (χ0n) is 16.9. The molecule has 13 nitrogen and oxygen atoms in total. The van der Waals surface area contributed by atoms with E-state index in [0.29, 0.717) is 0 Å². The van der Waals surface area contributed by atoms with Crippen molar-refractivity contribution in [2.45, 2.75) is 64.4 Å². The largest absolute Gasteiger partial charge is 0.480 e. The summed E-state index contributed by atoms with van der Waals surface area (Å²) in [4.78, 5) is 57.0. The molecule has 0 aromatic rings. The summed E-state index contributed by atoms with van der Waals surface area (Å²) in [6, 6.07) is -1.43.